The van der Waals surface area contributed by atoms with Crippen molar-refractivity contribution in [1.82, 2.24) is 4.90 Å². The summed E-state index contributed by atoms with van der Waals surface area (Å²) in [6.45, 7) is 2.73. The quantitative estimate of drug-likeness (QED) is 0.383. The molecule has 0 aliphatic carbocycles. The summed E-state index contributed by atoms with van der Waals surface area (Å²) in [5.74, 6) is -0.697. The Labute approximate surface area is 201 Å². The lowest BCUT2D eigenvalue weighted by Crippen LogP contribution is -2.45. The van der Waals surface area contributed by atoms with E-state index in [0.717, 1.165) is 30.2 Å². The highest BCUT2D eigenvalue weighted by molar-refractivity contribution is 9.10. The molecule has 1 atom stereocenters. The molecule has 1 saturated heterocycles. The SMILES string of the molecule is CCCCCCCN1C(=O)CC(C(=O)Nc2ccc(Br)cc2)SC1=Nc1ccc(F)cc1. The lowest BCUT2D eigenvalue weighted by Gasteiger charge is -2.31. The highest BCUT2D eigenvalue weighted by Gasteiger charge is 2.35. The number of rotatable bonds is 9. The van der Waals surface area contributed by atoms with Crippen LogP contribution in [0.15, 0.2) is 58.0 Å². The van der Waals surface area contributed by atoms with E-state index < -0.39 is 5.25 Å². The maximum Gasteiger partial charge on any atom is 0.238 e. The van der Waals surface area contributed by atoms with Gasteiger partial charge in [-0.2, -0.15) is 0 Å². The van der Waals surface area contributed by atoms with E-state index in [1.807, 2.05) is 12.1 Å². The number of nitrogens with one attached hydrogen (secondary N) is 1. The van der Waals surface area contributed by atoms with Crippen LogP contribution in [0.2, 0.25) is 0 Å². The predicted octanol–water partition coefficient (Wildman–Crippen LogP) is 6.52. The van der Waals surface area contributed by atoms with Crippen molar-refractivity contribution in [3.63, 3.8) is 0 Å². The first-order chi connectivity index (χ1) is 15.5. The van der Waals surface area contributed by atoms with Crippen LogP contribution in [0.3, 0.4) is 0 Å². The van der Waals surface area contributed by atoms with E-state index in [9.17, 15) is 14.0 Å². The van der Waals surface area contributed by atoms with Gasteiger partial charge in [-0.25, -0.2) is 9.38 Å². The fraction of sp³-hybridized carbons (Fsp3) is 0.375. The van der Waals surface area contributed by atoms with Crippen LogP contribution in [-0.4, -0.2) is 33.7 Å². The zero-order chi connectivity index (χ0) is 22.9. The van der Waals surface area contributed by atoms with Gasteiger partial charge in [-0.3, -0.25) is 14.5 Å². The molecule has 0 spiro atoms. The second kappa shape index (κ2) is 12.2. The molecule has 2 aromatic rings. The number of amidine groups is 1. The van der Waals surface area contributed by atoms with Gasteiger partial charge in [0, 0.05) is 23.1 Å². The third kappa shape index (κ3) is 7.17. The molecule has 8 heteroatoms. The van der Waals surface area contributed by atoms with Crippen LogP contribution in [0.4, 0.5) is 15.8 Å². The molecule has 3 rings (SSSR count). The molecular formula is C24H27BrFN3O2S. The van der Waals surface area contributed by atoms with E-state index in [1.54, 1.807) is 29.2 Å². The Morgan fingerprint density at radius 3 is 2.50 bits per heavy atom. The number of carbonyl (C=O) groups excluding carboxylic acids is 2. The molecule has 1 heterocycles. The Hall–Kier alpha value is -2.19. The summed E-state index contributed by atoms with van der Waals surface area (Å²) in [4.78, 5) is 32.1. The van der Waals surface area contributed by atoms with Crippen LogP contribution < -0.4 is 5.32 Å². The molecule has 0 aromatic heterocycles. The number of amides is 2. The third-order valence-corrected chi connectivity index (χ3v) is 6.80. The first kappa shape index (κ1) is 24.5. The van der Waals surface area contributed by atoms with Crippen molar-refractivity contribution in [3.05, 3.63) is 58.8 Å². The Kier molecular flexibility index (Phi) is 9.29. The maximum absolute atomic E-state index is 13.3. The van der Waals surface area contributed by atoms with E-state index in [4.69, 9.17) is 0 Å². The molecule has 1 N–H and O–H groups in total. The van der Waals surface area contributed by atoms with Crippen LogP contribution in [0.1, 0.15) is 45.4 Å². The van der Waals surface area contributed by atoms with Gasteiger partial charge in [0.1, 0.15) is 11.1 Å². The van der Waals surface area contributed by atoms with Gasteiger partial charge in [-0.05, 0) is 55.0 Å². The van der Waals surface area contributed by atoms with E-state index in [1.165, 1.54) is 30.3 Å². The third-order valence-electron chi connectivity index (χ3n) is 5.08. The van der Waals surface area contributed by atoms with Crippen molar-refractivity contribution in [3.8, 4) is 0 Å². The molecule has 0 bridgehead atoms. The smallest absolute Gasteiger partial charge is 0.238 e. The second-order valence-electron chi connectivity index (χ2n) is 7.64. The van der Waals surface area contributed by atoms with Gasteiger partial charge in [0.05, 0.1) is 5.69 Å². The number of hydrogen-bond donors (Lipinski definition) is 1. The van der Waals surface area contributed by atoms with Crippen molar-refractivity contribution in [2.75, 3.05) is 11.9 Å². The standard InChI is InChI=1S/C24H27BrFN3O2S/c1-2-3-4-5-6-15-29-22(30)16-21(23(31)27-19-11-7-17(25)8-12-19)32-24(29)28-20-13-9-18(26)10-14-20/h7-14,21H,2-6,15-16H2,1H3,(H,27,31). The summed E-state index contributed by atoms with van der Waals surface area (Å²) in [5.41, 5.74) is 1.22. The zero-order valence-corrected chi connectivity index (χ0v) is 20.4. The highest BCUT2D eigenvalue weighted by atomic mass is 79.9. The number of hydrogen-bond acceptors (Lipinski definition) is 4. The van der Waals surface area contributed by atoms with Gasteiger partial charge >= 0.3 is 0 Å². The maximum atomic E-state index is 13.3. The van der Waals surface area contributed by atoms with Gasteiger partial charge in [0.2, 0.25) is 11.8 Å². The van der Waals surface area contributed by atoms with Crippen molar-refractivity contribution in [1.29, 1.82) is 0 Å². The van der Waals surface area contributed by atoms with Gasteiger partial charge in [0.25, 0.3) is 0 Å². The monoisotopic (exact) mass is 519 g/mol. The van der Waals surface area contributed by atoms with Crippen LogP contribution in [0, 0.1) is 5.82 Å². The minimum absolute atomic E-state index is 0.115. The fourth-order valence-corrected chi connectivity index (χ4v) is 4.71. The van der Waals surface area contributed by atoms with Crippen LogP contribution in [0.5, 0.6) is 0 Å². The van der Waals surface area contributed by atoms with Crippen LogP contribution >= 0.6 is 27.7 Å². The van der Waals surface area contributed by atoms with Gasteiger partial charge in [0.15, 0.2) is 5.17 Å². The number of aliphatic imine (C=N–C) groups is 1. The summed E-state index contributed by atoms with van der Waals surface area (Å²) in [5, 5.41) is 2.78. The molecule has 1 aliphatic heterocycles. The molecule has 0 saturated carbocycles. The molecular weight excluding hydrogens is 493 g/mol. The summed E-state index contributed by atoms with van der Waals surface area (Å²) in [6, 6.07) is 13.1. The molecule has 5 nitrogen and oxygen atoms in total. The minimum Gasteiger partial charge on any atom is -0.325 e. The Bertz CT molecular complexity index is 951. The molecule has 1 aliphatic rings. The van der Waals surface area contributed by atoms with Crippen molar-refractivity contribution in [2.45, 2.75) is 50.7 Å². The molecule has 170 valence electrons. The first-order valence-corrected chi connectivity index (χ1v) is 12.5. The van der Waals surface area contributed by atoms with Gasteiger partial charge < -0.3 is 5.32 Å². The second-order valence-corrected chi connectivity index (χ2v) is 9.72. The van der Waals surface area contributed by atoms with Gasteiger partial charge in [-0.15, -0.1) is 0 Å². The molecule has 1 fully saturated rings. The molecule has 2 aromatic carbocycles. The predicted molar refractivity (Wildman–Crippen MR) is 133 cm³/mol. The lowest BCUT2D eigenvalue weighted by atomic mass is 10.1. The molecule has 32 heavy (non-hydrogen) atoms. The largest absolute Gasteiger partial charge is 0.325 e. The normalized spacial score (nSPS) is 17.6. The minimum atomic E-state index is -0.582. The number of thioether (sulfide) groups is 1. The number of nitrogens with zero attached hydrogens (tertiary/aromatic N) is 2. The average Bonchev–Trinajstić information content (AvgIpc) is 2.78. The zero-order valence-electron chi connectivity index (χ0n) is 18.0. The summed E-state index contributed by atoms with van der Waals surface area (Å²) < 4.78 is 14.2. The fourth-order valence-electron chi connectivity index (χ4n) is 3.32. The molecule has 1 unspecified atom stereocenters. The van der Waals surface area contributed by atoms with Crippen LogP contribution in [0.25, 0.3) is 0 Å². The van der Waals surface area contributed by atoms with Gasteiger partial charge in [-0.1, -0.05) is 60.3 Å². The van der Waals surface area contributed by atoms with Crippen molar-refractivity contribution >= 4 is 56.0 Å². The van der Waals surface area contributed by atoms with E-state index in [-0.39, 0.29) is 24.1 Å². The summed E-state index contributed by atoms with van der Waals surface area (Å²) in [7, 11) is 0. The highest BCUT2D eigenvalue weighted by Crippen LogP contribution is 2.30. The summed E-state index contributed by atoms with van der Waals surface area (Å²) >= 11 is 4.66. The van der Waals surface area contributed by atoms with E-state index >= 15 is 0 Å². The van der Waals surface area contributed by atoms with Crippen molar-refractivity contribution < 1.29 is 14.0 Å². The average molecular weight is 520 g/mol. The molecule has 2 amide bonds. The van der Waals surface area contributed by atoms with Crippen molar-refractivity contribution in [2.24, 2.45) is 4.99 Å². The number of halogens is 2. The molecule has 0 radical (unpaired) electrons. The Morgan fingerprint density at radius 1 is 1.12 bits per heavy atom. The lowest BCUT2D eigenvalue weighted by molar-refractivity contribution is -0.129. The Balaban J connectivity index is 1.74. The number of anilines is 1. The Morgan fingerprint density at radius 2 is 1.81 bits per heavy atom. The van der Waals surface area contributed by atoms with E-state index in [2.05, 4.69) is 33.2 Å². The topological polar surface area (TPSA) is 61.8 Å². The number of carbonyl (C=O) groups is 2. The summed E-state index contributed by atoms with van der Waals surface area (Å²) in [6.07, 6.45) is 5.51. The first-order valence-electron chi connectivity index (χ1n) is 10.8. The number of benzene rings is 2. The van der Waals surface area contributed by atoms with Crippen LogP contribution in [-0.2, 0) is 9.59 Å². The van der Waals surface area contributed by atoms with E-state index in [0.29, 0.717) is 23.1 Å². The number of unbranched alkanes of at least 4 members (excludes halogenated alkanes) is 4.